The van der Waals surface area contributed by atoms with Crippen molar-refractivity contribution in [1.29, 1.82) is 0 Å². The van der Waals surface area contributed by atoms with Crippen LogP contribution in [-0.2, 0) is 11.0 Å². The van der Waals surface area contributed by atoms with Crippen molar-refractivity contribution in [2.24, 2.45) is 0 Å². The van der Waals surface area contributed by atoms with E-state index in [-0.39, 0.29) is 11.3 Å². The van der Waals surface area contributed by atoms with Crippen LogP contribution in [0.4, 0.5) is 0 Å². The molecule has 0 aromatic carbocycles. The minimum atomic E-state index is -0.708. The summed E-state index contributed by atoms with van der Waals surface area (Å²) < 4.78 is 6.21. The smallest absolute Gasteiger partial charge is 0.262 e. The van der Waals surface area contributed by atoms with E-state index in [1.807, 2.05) is 40.7 Å². The molecule has 114 valence electrons. The van der Waals surface area contributed by atoms with Gasteiger partial charge in [-0.1, -0.05) is 25.9 Å². The van der Waals surface area contributed by atoms with Crippen LogP contribution < -0.4 is 5.32 Å². The van der Waals surface area contributed by atoms with Gasteiger partial charge in [0.15, 0.2) is 5.82 Å². The fourth-order valence-electron chi connectivity index (χ4n) is 1.62. The average molecular weight is 372 g/mol. The monoisotopic (exact) mass is 371 g/mol. The SMILES string of the molecule is CC(C)(C)c1nc(C(C)(C)NC(=O)c2ccc(Br)s2)no1. The number of rotatable bonds is 3. The fourth-order valence-corrected chi connectivity index (χ4v) is 2.90. The Morgan fingerprint density at radius 1 is 1.29 bits per heavy atom. The highest BCUT2D eigenvalue weighted by atomic mass is 79.9. The maximum atomic E-state index is 12.2. The van der Waals surface area contributed by atoms with Gasteiger partial charge in [0.2, 0.25) is 5.89 Å². The highest BCUT2D eigenvalue weighted by Gasteiger charge is 2.31. The van der Waals surface area contributed by atoms with Gasteiger partial charge >= 0.3 is 0 Å². The highest BCUT2D eigenvalue weighted by molar-refractivity contribution is 9.11. The van der Waals surface area contributed by atoms with Gasteiger partial charge in [-0.05, 0) is 41.9 Å². The zero-order valence-corrected chi connectivity index (χ0v) is 15.1. The third-order valence-electron chi connectivity index (χ3n) is 2.85. The summed E-state index contributed by atoms with van der Waals surface area (Å²) in [5.41, 5.74) is -0.926. The molecule has 0 aliphatic heterocycles. The molecular formula is C14H18BrN3O2S. The van der Waals surface area contributed by atoms with Crippen molar-refractivity contribution in [1.82, 2.24) is 15.5 Å². The average Bonchev–Trinajstić information content (AvgIpc) is 2.95. The molecule has 0 unspecified atom stereocenters. The molecule has 0 aliphatic rings. The van der Waals surface area contributed by atoms with Crippen LogP contribution in [0.2, 0.25) is 0 Å². The summed E-state index contributed by atoms with van der Waals surface area (Å²) in [4.78, 5) is 17.3. The Labute approximate surface area is 136 Å². The lowest BCUT2D eigenvalue weighted by Crippen LogP contribution is -2.41. The largest absolute Gasteiger partial charge is 0.339 e. The molecule has 0 radical (unpaired) electrons. The summed E-state index contributed by atoms with van der Waals surface area (Å²) in [6, 6.07) is 3.62. The van der Waals surface area contributed by atoms with Crippen molar-refractivity contribution in [2.45, 2.75) is 45.6 Å². The standard InChI is InChI=1S/C14H18BrN3O2S/c1-13(2,3)12-16-11(18-20-12)14(4,5)17-10(19)8-6-7-9(15)21-8/h6-7H,1-5H3,(H,17,19). The number of halogens is 1. The Morgan fingerprint density at radius 3 is 2.43 bits per heavy atom. The maximum absolute atomic E-state index is 12.2. The molecule has 0 aliphatic carbocycles. The fraction of sp³-hybridized carbons (Fsp3) is 0.500. The molecule has 7 heteroatoms. The summed E-state index contributed by atoms with van der Waals surface area (Å²) in [5, 5.41) is 6.93. The summed E-state index contributed by atoms with van der Waals surface area (Å²) in [6.07, 6.45) is 0. The number of nitrogens with zero attached hydrogens (tertiary/aromatic N) is 2. The number of hydrogen-bond acceptors (Lipinski definition) is 5. The van der Waals surface area contributed by atoms with E-state index in [1.165, 1.54) is 11.3 Å². The molecule has 21 heavy (non-hydrogen) atoms. The molecule has 2 heterocycles. The van der Waals surface area contributed by atoms with Gasteiger partial charge in [-0.2, -0.15) is 4.98 Å². The molecule has 2 aromatic rings. The summed E-state index contributed by atoms with van der Waals surface area (Å²) in [7, 11) is 0. The quantitative estimate of drug-likeness (QED) is 0.889. The molecule has 1 N–H and O–H groups in total. The number of carbonyl (C=O) groups is 1. The molecule has 5 nitrogen and oxygen atoms in total. The van der Waals surface area contributed by atoms with Crippen LogP contribution in [0.3, 0.4) is 0 Å². The summed E-state index contributed by atoms with van der Waals surface area (Å²) in [6.45, 7) is 9.70. The zero-order chi connectivity index (χ0) is 15.8. The number of carbonyl (C=O) groups excluding carboxylic acids is 1. The van der Waals surface area contributed by atoms with Crippen LogP contribution in [0.5, 0.6) is 0 Å². The van der Waals surface area contributed by atoms with Crippen molar-refractivity contribution >= 4 is 33.2 Å². The van der Waals surface area contributed by atoms with E-state index < -0.39 is 5.54 Å². The van der Waals surface area contributed by atoms with E-state index in [9.17, 15) is 4.79 Å². The molecule has 0 saturated heterocycles. The van der Waals surface area contributed by atoms with E-state index >= 15 is 0 Å². The van der Waals surface area contributed by atoms with Crippen molar-refractivity contribution < 1.29 is 9.32 Å². The molecular weight excluding hydrogens is 354 g/mol. The first-order chi connectivity index (χ1) is 9.59. The van der Waals surface area contributed by atoms with Crippen LogP contribution in [0.15, 0.2) is 20.4 Å². The Bertz CT molecular complexity index is 655. The van der Waals surface area contributed by atoms with Crippen LogP contribution in [-0.4, -0.2) is 16.0 Å². The van der Waals surface area contributed by atoms with Gasteiger partial charge in [0, 0.05) is 5.41 Å². The Morgan fingerprint density at radius 2 is 1.95 bits per heavy atom. The van der Waals surface area contributed by atoms with E-state index in [1.54, 1.807) is 6.07 Å². The van der Waals surface area contributed by atoms with Gasteiger partial charge < -0.3 is 9.84 Å². The number of aromatic nitrogens is 2. The predicted molar refractivity (Wildman–Crippen MR) is 85.5 cm³/mol. The number of hydrogen-bond donors (Lipinski definition) is 1. The minimum absolute atomic E-state index is 0.155. The predicted octanol–water partition coefficient (Wildman–Crippen LogP) is 3.86. The summed E-state index contributed by atoms with van der Waals surface area (Å²) in [5.74, 6) is 0.868. The molecule has 2 aromatic heterocycles. The van der Waals surface area contributed by atoms with Gasteiger partial charge in [-0.25, -0.2) is 0 Å². The number of thiophene rings is 1. The maximum Gasteiger partial charge on any atom is 0.262 e. The van der Waals surface area contributed by atoms with Crippen LogP contribution >= 0.6 is 27.3 Å². The number of amides is 1. The van der Waals surface area contributed by atoms with Gasteiger partial charge in [0.05, 0.1) is 14.2 Å². The molecule has 0 saturated carbocycles. The Balaban J connectivity index is 2.18. The second-order valence-electron chi connectivity index (χ2n) is 6.36. The number of nitrogens with one attached hydrogen (secondary N) is 1. The first-order valence-corrected chi connectivity index (χ1v) is 8.13. The Hall–Kier alpha value is -1.21. The van der Waals surface area contributed by atoms with Crippen LogP contribution in [0.1, 0.15) is 56.0 Å². The summed E-state index contributed by atoms with van der Waals surface area (Å²) >= 11 is 4.73. The third kappa shape index (κ3) is 3.71. The van der Waals surface area contributed by atoms with Crippen LogP contribution in [0, 0.1) is 0 Å². The highest BCUT2D eigenvalue weighted by Crippen LogP contribution is 2.26. The normalized spacial score (nSPS) is 12.5. The minimum Gasteiger partial charge on any atom is -0.339 e. The van der Waals surface area contributed by atoms with Gasteiger partial charge in [0.1, 0.15) is 0 Å². The van der Waals surface area contributed by atoms with Crippen molar-refractivity contribution in [3.63, 3.8) is 0 Å². The first kappa shape index (κ1) is 16.2. The lowest BCUT2D eigenvalue weighted by atomic mass is 9.97. The van der Waals surface area contributed by atoms with Crippen molar-refractivity contribution in [3.8, 4) is 0 Å². The second-order valence-corrected chi connectivity index (χ2v) is 8.82. The molecule has 2 rings (SSSR count). The third-order valence-corrected chi connectivity index (χ3v) is 4.47. The van der Waals surface area contributed by atoms with Gasteiger partial charge in [-0.15, -0.1) is 11.3 Å². The Kier molecular flexibility index (Phi) is 4.26. The lowest BCUT2D eigenvalue weighted by Gasteiger charge is -2.22. The van der Waals surface area contributed by atoms with Crippen molar-refractivity contribution in [2.75, 3.05) is 0 Å². The zero-order valence-electron chi connectivity index (χ0n) is 12.7. The molecule has 0 spiro atoms. The van der Waals surface area contributed by atoms with Crippen LogP contribution in [0.25, 0.3) is 0 Å². The topological polar surface area (TPSA) is 68.0 Å². The van der Waals surface area contributed by atoms with E-state index in [2.05, 4.69) is 31.4 Å². The van der Waals surface area contributed by atoms with Crippen molar-refractivity contribution in [3.05, 3.63) is 32.5 Å². The van der Waals surface area contributed by atoms with E-state index in [0.29, 0.717) is 16.6 Å². The lowest BCUT2D eigenvalue weighted by molar-refractivity contribution is 0.0911. The van der Waals surface area contributed by atoms with Gasteiger partial charge in [0.25, 0.3) is 5.91 Å². The van der Waals surface area contributed by atoms with E-state index in [4.69, 9.17) is 4.52 Å². The van der Waals surface area contributed by atoms with E-state index in [0.717, 1.165) is 3.79 Å². The molecule has 0 bridgehead atoms. The molecule has 0 fully saturated rings. The molecule has 1 amide bonds. The molecule has 0 atom stereocenters. The first-order valence-electron chi connectivity index (χ1n) is 6.52. The van der Waals surface area contributed by atoms with Gasteiger partial charge in [-0.3, -0.25) is 4.79 Å². The second kappa shape index (κ2) is 5.53.